The molecule has 3 rings (SSSR count). The van der Waals surface area contributed by atoms with E-state index in [2.05, 4.69) is 41.6 Å². The van der Waals surface area contributed by atoms with Gasteiger partial charge in [0.05, 0.1) is 11.0 Å². The minimum absolute atomic E-state index is 0.371. The van der Waals surface area contributed by atoms with Crippen LogP contribution in [0.15, 0.2) is 42.7 Å². The smallest absolute Gasteiger partial charge is 0.114 e. The quantitative estimate of drug-likeness (QED) is 0.799. The lowest BCUT2D eigenvalue weighted by Crippen LogP contribution is -2.07. The summed E-state index contributed by atoms with van der Waals surface area (Å²) < 4.78 is 2.30. The number of pyridine rings is 1. The van der Waals surface area contributed by atoms with Crippen LogP contribution in [0.2, 0.25) is 0 Å². The molecular weight excluding hydrogens is 260 g/mol. The number of rotatable bonds is 4. The minimum atomic E-state index is 0.371. The van der Waals surface area contributed by atoms with Gasteiger partial charge in [-0.1, -0.05) is 6.07 Å². The Morgan fingerprint density at radius 3 is 2.52 bits per heavy atom. The maximum absolute atomic E-state index is 5.73. The molecular formula is C17H20N4. The molecule has 2 aromatic heterocycles. The molecule has 0 amide bonds. The molecule has 0 spiro atoms. The summed E-state index contributed by atoms with van der Waals surface area (Å²) in [4.78, 5) is 8.89. The maximum Gasteiger partial charge on any atom is 0.114 e. The molecule has 0 atom stereocenters. The van der Waals surface area contributed by atoms with Gasteiger partial charge in [-0.2, -0.15) is 0 Å². The van der Waals surface area contributed by atoms with Crippen LogP contribution in [-0.4, -0.2) is 14.5 Å². The Bertz CT molecular complexity index is 744. The number of nitrogens with zero attached hydrogens (tertiary/aromatic N) is 3. The molecule has 4 heteroatoms. The largest absolute Gasteiger partial charge is 0.326 e. The SMILES string of the molecule is CC(C)n1c(Cc2ccncc2)nc2cc(CN)ccc21. The average Bonchev–Trinajstić information content (AvgIpc) is 2.85. The van der Waals surface area contributed by atoms with E-state index in [1.54, 1.807) is 0 Å². The minimum Gasteiger partial charge on any atom is -0.326 e. The van der Waals surface area contributed by atoms with Crippen molar-refractivity contribution < 1.29 is 0 Å². The fourth-order valence-corrected chi connectivity index (χ4v) is 2.71. The highest BCUT2D eigenvalue weighted by atomic mass is 15.1. The fraction of sp³-hybridized carbons (Fsp3) is 0.294. The van der Waals surface area contributed by atoms with Crippen molar-refractivity contribution in [3.63, 3.8) is 0 Å². The second-order valence-corrected chi connectivity index (χ2v) is 5.55. The fourth-order valence-electron chi connectivity index (χ4n) is 2.71. The number of imidazole rings is 1. The molecule has 2 heterocycles. The molecule has 0 unspecified atom stereocenters. The topological polar surface area (TPSA) is 56.7 Å². The van der Waals surface area contributed by atoms with Crippen molar-refractivity contribution in [2.24, 2.45) is 5.73 Å². The molecule has 0 bridgehead atoms. The Balaban J connectivity index is 2.10. The number of fused-ring (bicyclic) bond motifs is 1. The van der Waals surface area contributed by atoms with Crippen LogP contribution in [0.1, 0.15) is 36.8 Å². The zero-order valence-corrected chi connectivity index (χ0v) is 12.5. The third-order valence-electron chi connectivity index (χ3n) is 3.69. The highest BCUT2D eigenvalue weighted by molar-refractivity contribution is 5.77. The second kappa shape index (κ2) is 5.66. The zero-order chi connectivity index (χ0) is 14.8. The van der Waals surface area contributed by atoms with Gasteiger partial charge < -0.3 is 10.3 Å². The lowest BCUT2D eigenvalue weighted by atomic mass is 10.2. The maximum atomic E-state index is 5.73. The van der Waals surface area contributed by atoms with Gasteiger partial charge in [-0.05, 0) is 49.2 Å². The third kappa shape index (κ3) is 2.67. The molecule has 0 aliphatic rings. The predicted octanol–water partition coefficient (Wildman–Crippen LogP) is 3.06. The lowest BCUT2D eigenvalue weighted by Gasteiger charge is -2.13. The van der Waals surface area contributed by atoms with Crippen molar-refractivity contribution >= 4 is 11.0 Å². The van der Waals surface area contributed by atoms with Crippen LogP contribution in [-0.2, 0) is 13.0 Å². The van der Waals surface area contributed by atoms with Crippen LogP contribution in [0.4, 0.5) is 0 Å². The van der Waals surface area contributed by atoms with Crippen LogP contribution in [0.3, 0.4) is 0 Å². The van der Waals surface area contributed by atoms with Crippen molar-refractivity contribution in [1.29, 1.82) is 0 Å². The first-order chi connectivity index (χ1) is 10.2. The molecule has 21 heavy (non-hydrogen) atoms. The van der Waals surface area contributed by atoms with Gasteiger partial charge in [0.2, 0.25) is 0 Å². The van der Waals surface area contributed by atoms with Gasteiger partial charge in [0, 0.05) is 31.4 Å². The average molecular weight is 280 g/mol. The predicted molar refractivity (Wildman–Crippen MR) is 85.1 cm³/mol. The Hall–Kier alpha value is -2.20. The van der Waals surface area contributed by atoms with Crippen molar-refractivity contribution in [3.8, 4) is 0 Å². The van der Waals surface area contributed by atoms with Crippen molar-refractivity contribution in [2.75, 3.05) is 0 Å². The van der Waals surface area contributed by atoms with E-state index in [9.17, 15) is 0 Å². The molecule has 3 aromatic rings. The summed E-state index contributed by atoms with van der Waals surface area (Å²) in [6.45, 7) is 4.92. The van der Waals surface area contributed by atoms with E-state index in [1.807, 2.05) is 24.5 Å². The summed E-state index contributed by atoms with van der Waals surface area (Å²) in [5, 5.41) is 0. The highest BCUT2D eigenvalue weighted by Crippen LogP contribution is 2.23. The molecule has 0 radical (unpaired) electrons. The van der Waals surface area contributed by atoms with Crippen LogP contribution >= 0.6 is 0 Å². The molecule has 0 fully saturated rings. The third-order valence-corrected chi connectivity index (χ3v) is 3.69. The highest BCUT2D eigenvalue weighted by Gasteiger charge is 2.13. The van der Waals surface area contributed by atoms with Crippen LogP contribution < -0.4 is 5.73 Å². The van der Waals surface area contributed by atoms with Gasteiger partial charge in [-0.3, -0.25) is 4.98 Å². The van der Waals surface area contributed by atoms with Gasteiger partial charge in [-0.25, -0.2) is 4.98 Å². The van der Waals surface area contributed by atoms with E-state index in [-0.39, 0.29) is 0 Å². The molecule has 0 saturated carbocycles. The van der Waals surface area contributed by atoms with Gasteiger partial charge >= 0.3 is 0 Å². The van der Waals surface area contributed by atoms with Gasteiger partial charge in [0.1, 0.15) is 5.82 Å². The van der Waals surface area contributed by atoms with Crippen molar-refractivity contribution in [1.82, 2.24) is 14.5 Å². The summed E-state index contributed by atoms with van der Waals surface area (Å²) >= 11 is 0. The van der Waals surface area contributed by atoms with Gasteiger partial charge in [0.25, 0.3) is 0 Å². The molecule has 0 saturated heterocycles. The normalized spacial score (nSPS) is 11.4. The van der Waals surface area contributed by atoms with Crippen molar-refractivity contribution in [2.45, 2.75) is 32.9 Å². The molecule has 0 aliphatic heterocycles. The first-order valence-corrected chi connectivity index (χ1v) is 7.27. The number of aromatic nitrogens is 3. The molecule has 108 valence electrons. The summed E-state index contributed by atoms with van der Waals surface area (Å²) in [5.41, 5.74) is 10.3. The first-order valence-electron chi connectivity index (χ1n) is 7.27. The van der Waals surface area contributed by atoms with Crippen LogP contribution in [0, 0.1) is 0 Å². The van der Waals surface area contributed by atoms with E-state index >= 15 is 0 Å². The number of hydrogen-bond donors (Lipinski definition) is 1. The molecule has 4 nitrogen and oxygen atoms in total. The van der Waals surface area contributed by atoms with E-state index < -0.39 is 0 Å². The summed E-state index contributed by atoms with van der Waals surface area (Å²) in [6, 6.07) is 10.7. The molecule has 0 aliphatic carbocycles. The van der Waals surface area contributed by atoms with Crippen LogP contribution in [0.5, 0.6) is 0 Å². The van der Waals surface area contributed by atoms with Gasteiger partial charge in [-0.15, -0.1) is 0 Å². The van der Waals surface area contributed by atoms with E-state index in [4.69, 9.17) is 10.7 Å². The van der Waals surface area contributed by atoms with E-state index in [1.165, 1.54) is 11.1 Å². The standard InChI is InChI=1S/C17H20N4/c1-12(2)21-16-4-3-14(11-18)9-15(16)20-17(21)10-13-5-7-19-8-6-13/h3-9,12H,10-11,18H2,1-2H3. The van der Waals surface area contributed by atoms with Gasteiger partial charge in [0.15, 0.2) is 0 Å². The van der Waals surface area contributed by atoms with E-state index in [0.29, 0.717) is 12.6 Å². The zero-order valence-electron chi connectivity index (χ0n) is 12.5. The summed E-state index contributed by atoms with van der Waals surface area (Å²) in [5.74, 6) is 1.08. The number of nitrogens with two attached hydrogens (primary N) is 1. The van der Waals surface area contributed by atoms with Crippen LogP contribution in [0.25, 0.3) is 11.0 Å². The lowest BCUT2D eigenvalue weighted by molar-refractivity contribution is 0.591. The van der Waals surface area contributed by atoms with Crippen molar-refractivity contribution in [3.05, 3.63) is 59.7 Å². The Morgan fingerprint density at radius 1 is 1.10 bits per heavy atom. The monoisotopic (exact) mass is 280 g/mol. The summed E-state index contributed by atoms with van der Waals surface area (Å²) in [7, 11) is 0. The Labute approximate surface area is 124 Å². The van der Waals surface area contributed by atoms with E-state index in [0.717, 1.165) is 23.3 Å². The first kappa shape index (κ1) is 13.8. The Kier molecular flexibility index (Phi) is 3.71. The number of benzene rings is 1. The Morgan fingerprint density at radius 2 is 1.86 bits per heavy atom. The number of hydrogen-bond acceptors (Lipinski definition) is 3. The molecule has 2 N–H and O–H groups in total. The second-order valence-electron chi connectivity index (χ2n) is 5.55. The summed E-state index contributed by atoms with van der Waals surface area (Å²) in [6.07, 6.45) is 4.46. The molecule has 1 aromatic carbocycles.